The van der Waals surface area contributed by atoms with Gasteiger partial charge in [0.15, 0.2) is 0 Å². The zero-order valence-corrected chi connectivity index (χ0v) is 81.6. The van der Waals surface area contributed by atoms with Crippen LogP contribution >= 0.6 is 0 Å². The summed E-state index contributed by atoms with van der Waals surface area (Å²) in [5.74, 6) is 10.7. The second kappa shape index (κ2) is 123. The van der Waals surface area contributed by atoms with E-state index in [1.807, 2.05) is 0 Å². The monoisotopic (exact) mass is 1390 g/mol. The molecule has 0 saturated heterocycles. The summed E-state index contributed by atoms with van der Waals surface area (Å²) in [5.41, 5.74) is 1.90. The normalized spacial score (nSPS) is 11.4. The first kappa shape index (κ1) is 140. The van der Waals surface area contributed by atoms with Crippen molar-refractivity contribution in [3.05, 3.63) is 0 Å². The number of rotatable bonds is 24. The predicted molar refractivity (Wildman–Crippen MR) is 483 cm³/mol. The lowest BCUT2D eigenvalue weighted by molar-refractivity contribution is 0.277. The molecule has 0 heterocycles. The highest BCUT2D eigenvalue weighted by atomic mass is 14.5. The summed E-state index contributed by atoms with van der Waals surface area (Å²) in [5, 5.41) is 0. The molecule has 0 aromatic carbocycles. The lowest BCUT2D eigenvalue weighted by Crippen LogP contribution is -2.12. The van der Waals surface area contributed by atoms with Gasteiger partial charge in [-0.2, -0.15) is 0 Å². The number of hydrogen-bond acceptors (Lipinski definition) is 0. The Labute approximate surface area is 636 Å². The van der Waals surface area contributed by atoms with Crippen LogP contribution in [0.15, 0.2) is 0 Å². The van der Waals surface area contributed by atoms with Gasteiger partial charge < -0.3 is 0 Å². The van der Waals surface area contributed by atoms with Crippen molar-refractivity contribution in [1.82, 2.24) is 0 Å². The van der Waals surface area contributed by atoms with Crippen LogP contribution in [-0.4, -0.2) is 0 Å². The van der Waals surface area contributed by atoms with Crippen LogP contribution in [0, 0.1) is 87.3 Å². The standard InChI is InChI=1S/C9H18.C9H20.4C8H18.2C7H16.C6H14.9C3H8/c1-4-9(5-6-9)7-8(2)3;1-6-9(4,5)7-8(2)3;1-7(2)6-8(3,4)5;2*1-5-8(4)6-7(2)3;1-4-5-6-7-8(2)3;1-6(2)5-7(3)4;1-4-5-6-7(2)3;1-4-5-6(2)3;9*1-3-2/h8H,4-7H2,1-3H3;8H,6-7H2,1-5H3;7H,6H2,1-5H3;2*7-8H,5-6H2,1-4H3;8H,4-7H2,1-3H3;6-7H,5H2,1-4H3;7H,4-6H2,1-3H3;6H,4-5H2,1-3H3;9*3H2,1-2H3. The van der Waals surface area contributed by atoms with Crippen LogP contribution in [0.3, 0.4) is 0 Å². The third kappa shape index (κ3) is 291. The van der Waals surface area contributed by atoms with Crippen LogP contribution in [0.5, 0.6) is 0 Å². The van der Waals surface area contributed by atoms with Crippen molar-refractivity contribution in [2.75, 3.05) is 0 Å². The average Bonchev–Trinajstić information content (AvgIpc) is 1.68. The van der Waals surface area contributed by atoms with Gasteiger partial charge in [-0.3, -0.25) is 0 Å². The summed E-state index contributed by atoms with van der Waals surface area (Å²) >= 11 is 0. The van der Waals surface area contributed by atoms with E-state index in [1.165, 1.54) is 193 Å². The van der Waals surface area contributed by atoms with Gasteiger partial charge >= 0.3 is 0 Å². The highest BCUT2D eigenvalue weighted by Gasteiger charge is 2.40. The Morgan fingerprint density at radius 2 is 0.505 bits per heavy atom. The summed E-state index contributed by atoms with van der Waals surface area (Å²) in [6.07, 6.45) is 40.3. The number of unbranched alkanes of at least 4 members (excludes halogenated alkanes) is 3. The molecule has 0 aromatic rings. The molecule has 0 amide bonds. The molecule has 1 fully saturated rings. The third-order valence-electron chi connectivity index (χ3n) is 13.0. The van der Waals surface area contributed by atoms with Gasteiger partial charge in [-0.05, 0) is 139 Å². The summed E-state index contributed by atoms with van der Waals surface area (Å²) in [6.45, 7) is 116. The van der Waals surface area contributed by atoms with Crippen molar-refractivity contribution in [3.63, 3.8) is 0 Å². The Morgan fingerprint density at radius 1 is 0.258 bits per heavy atom. The molecule has 0 radical (unpaired) electrons. The molecule has 616 valence electrons. The summed E-state index contributed by atoms with van der Waals surface area (Å²) < 4.78 is 0. The van der Waals surface area contributed by atoms with Gasteiger partial charge in [0, 0.05) is 0 Å². The summed E-state index contributed by atoms with van der Waals surface area (Å²) in [7, 11) is 0. The molecule has 0 bridgehead atoms. The Balaban J connectivity index is -0.0000000473. The summed E-state index contributed by atoms with van der Waals surface area (Å²) in [4.78, 5) is 0. The van der Waals surface area contributed by atoms with Crippen LogP contribution < -0.4 is 0 Å². The second-order valence-electron chi connectivity index (χ2n) is 35.5. The molecule has 0 aliphatic heterocycles. The summed E-state index contributed by atoms with van der Waals surface area (Å²) in [6, 6.07) is 0. The van der Waals surface area contributed by atoms with Crippen LogP contribution in [0.4, 0.5) is 0 Å². The van der Waals surface area contributed by atoms with Crippen LogP contribution in [-0.2, 0) is 0 Å². The zero-order chi connectivity index (χ0) is 81.6. The van der Waals surface area contributed by atoms with Gasteiger partial charge in [-0.15, -0.1) is 0 Å². The Kier molecular flexibility index (Phi) is 177. The van der Waals surface area contributed by atoms with Gasteiger partial charge in [0.2, 0.25) is 0 Å². The van der Waals surface area contributed by atoms with E-state index in [4.69, 9.17) is 0 Å². The first-order valence-electron chi connectivity index (χ1n) is 44.6. The fourth-order valence-electron chi connectivity index (χ4n) is 9.10. The predicted octanol–water partition coefficient (Wildman–Crippen LogP) is 39.9. The Bertz CT molecular complexity index is 972. The van der Waals surface area contributed by atoms with Crippen molar-refractivity contribution in [2.24, 2.45) is 87.3 Å². The molecule has 1 aliphatic carbocycles. The SMILES string of the molecule is CC(C)CC(C)(C)C.CC(C)CC(C)C.CCC.CCC.CCC.CCC.CCC.CCC.CCC.CCC.CCC.CCC(C)(C)CC(C)C.CCC(C)CC(C)C.CCC(C)CC(C)C.CCC1(CC(C)C)CC1.CCCC(C)C.CCCCC(C)C.CCCCCC(C)C. The molecule has 0 heteroatoms. The van der Waals surface area contributed by atoms with Crippen LogP contribution in [0.1, 0.15) is 553 Å². The van der Waals surface area contributed by atoms with E-state index in [-0.39, 0.29) is 0 Å². The van der Waals surface area contributed by atoms with Gasteiger partial charge in [0.1, 0.15) is 0 Å². The van der Waals surface area contributed by atoms with Crippen molar-refractivity contribution in [3.8, 4) is 0 Å². The molecule has 0 nitrogen and oxygen atoms in total. The van der Waals surface area contributed by atoms with Gasteiger partial charge in [0.05, 0.1) is 0 Å². The number of hydrogen-bond donors (Lipinski definition) is 0. The molecule has 0 N–H and O–H groups in total. The maximum atomic E-state index is 2.34. The van der Waals surface area contributed by atoms with E-state index in [2.05, 4.69) is 360 Å². The van der Waals surface area contributed by atoms with Crippen molar-refractivity contribution >= 4 is 0 Å². The maximum Gasteiger partial charge on any atom is -0.0297 e. The fourth-order valence-corrected chi connectivity index (χ4v) is 9.10. The minimum absolute atomic E-state index is 0.522. The van der Waals surface area contributed by atoms with Crippen LogP contribution in [0.2, 0.25) is 0 Å². The second-order valence-corrected chi connectivity index (χ2v) is 35.5. The molecule has 97 heavy (non-hydrogen) atoms. The molecule has 2 unspecified atom stereocenters. The van der Waals surface area contributed by atoms with Crippen LogP contribution in [0.25, 0.3) is 0 Å². The van der Waals surface area contributed by atoms with E-state index in [0.29, 0.717) is 10.8 Å². The maximum absolute atomic E-state index is 2.34. The minimum atomic E-state index is 0.522. The Morgan fingerprint density at radius 3 is 0.577 bits per heavy atom. The molecule has 1 saturated carbocycles. The van der Waals surface area contributed by atoms with Gasteiger partial charge in [-0.1, -0.05) is 501 Å². The quantitative estimate of drug-likeness (QED) is 0.0845. The Hall–Kier alpha value is 0. The molecule has 0 aromatic heterocycles. The van der Waals surface area contributed by atoms with E-state index in [0.717, 1.165) is 76.4 Å². The molecular formula is C97H228. The zero-order valence-electron chi connectivity index (χ0n) is 81.6. The molecule has 2 atom stereocenters. The highest BCUT2D eigenvalue weighted by Crippen LogP contribution is 2.53. The van der Waals surface area contributed by atoms with Crippen molar-refractivity contribution in [2.45, 2.75) is 553 Å². The molecule has 0 spiro atoms. The third-order valence-corrected chi connectivity index (χ3v) is 13.0. The largest absolute Gasteiger partial charge is 0.0656 e. The first-order valence-corrected chi connectivity index (χ1v) is 44.6. The molecular weight excluding hydrogens is 1170 g/mol. The minimum Gasteiger partial charge on any atom is -0.0656 e. The lowest BCUT2D eigenvalue weighted by atomic mass is 9.82. The van der Waals surface area contributed by atoms with E-state index < -0.39 is 0 Å². The molecule has 1 rings (SSSR count). The molecule has 1 aliphatic rings. The topological polar surface area (TPSA) is 0 Å². The lowest BCUT2D eigenvalue weighted by Gasteiger charge is -2.24. The van der Waals surface area contributed by atoms with Crippen molar-refractivity contribution < 1.29 is 0 Å². The van der Waals surface area contributed by atoms with Gasteiger partial charge in [-0.25, -0.2) is 0 Å². The van der Waals surface area contributed by atoms with E-state index in [1.54, 1.807) is 0 Å². The highest BCUT2D eigenvalue weighted by molar-refractivity contribution is 4.92. The van der Waals surface area contributed by atoms with E-state index in [9.17, 15) is 0 Å². The van der Waals surface area contributed by atoms with Crippen molar-refractivity contribution in [1.29, 1.82) is 0 Å². The smallest absolute Gasteiger partial charge is 0.0297 e. The first-order chi connectivity index (χ1) is 44.6. The fraction of sp³-hybridized carbons (Fsp3) is 1.00. The van der Waals surface area contributed by atoms with E-state index >= 15 is 0 Å². The van der Waals surface area contributed by atoms with Gasteiger partial charge in [0.25, 0.3) is 0 Å². The average molecular weight is 1390 g/mol.